The molecule has 0 fully saturated rings. The monoisotopic (exact) mass is 362 g/mol. The highest BCUT2D eigenvalue weighted by Crippen LogP contribution is 2.03. The number of ether oxygens (including phenoxy) is 1. The Kier molecular flexibility index (Phi) is 7.30. The predicted octanol–water partition coefficient (Wildman–Crippen LogP) is 1.77. The summed E-state index contributed by atoms with van der Waals surface area (Å²) in [5, 5.41) is 9.52. The van der Waals surface area contributed by atoms with Gasteiger partial charge < -0.3 is 19.8 Å². The molecule has 0 aliphatic carbocycles. The minimum atomic E-state index is 0.407. The van der Waals surface area contributed by atoms with Crippen LogP contribution in [0.25, 0.3) is 0 Å². The second-order valence-corrected chi connectivity index (χ2v) is 5.62. The number of hydrogen-bond donors (Lipinski definition) is 3. The molecule has 8 nitrogen and oxygen atoms in total. The number of anilines is 1. The van der Waals surface area contributed by atoms with Crippen LogP contribution >= 0.6 is 12.2 Å². The number of nitrogens with one attached hydrogen (secondary N) is 3. The van der Waals surface area contributed by atoms with Gasteiger partial charge in [0.1, 0.15) is 5.76 Å². The van der Waals surface area contributed by atoms with E-state index in [9.17, 15) is 0 Å². The number of furan rings is 1. The van der Waals surface area contributed by atoms with Gasteiger partial charge in [-0.1, -0.05) is 0 Å². The maximum Gasteiger partial charge on any atom is 0.229 e. The molecular weight excluding hydrogens is 340 g/mol. The summed E-state index contributed by atoms with van der Waals surface area (Å²) in [6.07, 6.45) is 1.62. The molecular formula is C16H22N6O2S. The third kappa shape index (κ3) is 6.86. The minimum absolute atomic E-state index is 0.407. The summed E-state index contributed by atoms with van der Waals surface area (Å²) < 4.78 is 10.3. The van der Waals surface area contributed by atoms with Crippen LogP contribution in [-0.2, 0) is 11.3 Å². The van der Waals surface area contributed by atoms with Crippen molar-refractivity contribution in [3.63, 3.8) is 0 Å². The molecule has 25 heavy (non-hydrogen) atoms. The standard InChI is InChI=1S/C16H22N6O2S/c1-11-9-12(2)20-15(19-11)21-14(17-6-8-23-3)22-16(25)18-10-13-5-4-7-24-13/h4-5,7,9H,6,8,10H2,1-3H3,(H3,17,18,19,20,21,22,25). The predicted molar refractivity (Wildman–Crippen MR) is 101 cm³/mol. The highest BCUT2D eigenvalue weighted by Gasteiger charge is 2.07. The van der Waals surface area contributed by atoms with Crippen molar-refractivity contribution >= 4 is 29.2 Å². The topological polar surface area (TPSA) is 96.6 Å². The fourth-order valence-electron chi connectivity index (χ4n) is 1.98. The van der Waals surface area contributed by atoms with Gasteiger partial charge in [-0.2, -0.15) is 0 Å². The van der Waals surface area contributed by atoms with Gasteiger partial charge in [0.15, 0.2) is 5.11 Å². The van der Waals surface area contributed by atoms with Gasteiger partial charge in [-0.05, 0) is 44.3 Å². The van der Waals surface area contributed by atoms with Crippen molar-refractivity contribution in [1.29, 1.82) is 0 Å². The first-order chi connectivity index (χ1) is 12.1. The lowest BCUT2D eigenvalue weighted by Crippen LogP contribution is -2.42. The van der Waals surface area contributed by atoms with E-state index in [4.69, 9.17) is 21.4 Å². The number of guanidine groups is 1. The van der Waals surface area contributed by atoms with E-state index in [1.807, 2.05) is 32.0 Å². The van der Waals surface area contributed by atoms with Crippen molar-refractivity contribution < 1.29 is 9.15 Å². The maximum absolute atomic E-state index is 5.29. The third-order valence-electron chi connectivity index (χ3n) is 3.01. The van der Waals surface area contributed by atoms with Crippen molar-refractivity contribution in [2.75, 3.05) is 25.6 Å². The lowest BCUT2D eigenvalue weighted by molar-refractivity contribution is 0.208. The Hall–Kier alpha value is -2.52. The van der Waals surface area contributed by atoms with Crippen LogP contribution in [-0.4, -0.2) is 41.3 Å². The molecule has 2 aromatic heterocycles. The minimum Gasteiger partial charge on any atom is -0.467 e. The van der Waals surface area contributed by atoms with Crippen LogP contribution in [0.1, 0.15) is 17.1 Å². The van der Waals surface area contributed by atoms with E-state index in [0.717, 1.165) is 17.1 Å². The highest BCUT2D eigenvalue weighted by atomic mass is 32.1. The fraction of sp³-hybridized carbons (Fsp3) is 0.375. The largest absolute Gasteiger partial charge is 0.467 e. The Morgan fingerprint density at radius 3 is 2.72 bits per heavy atom. The number of hydrogen-bond acceptors (Lipinski definition) is 6. The molecule has 0 bridgehead atoms. The van der Waals surface area contributed by atoms with E-state index in [-0.39, 0.29) is 0 Å². The fourth-order valence-corrected chi connectivity index (χ4v) is 2.15. The van der Waals surface area contributed by atoms with Gasteiger partial charge >= 0.3 is 0 Å². The number of aromatic nitrogens is 2. The zero-order valence-electron chi connectivity index (χ0n) is 14.5. The number of aliphatic imine (C=N–C) groups is 1. The first-order valence-corrected chi connectivity index (χ1v) is 8.17. The average Bonchev–Trinajstić information content (AvgIpc) is 3.05. The van der Waals surface area contributed by atoms with Gasteiger partial charge in [0.2, 0.25) is 11.9 Å². The zero-order valence-corrected chi connectivity index (χ0v) is 15.3. The Balaban J connectivity index is 1.99. The zero-order chi connectivity index (χ0) is 18.1. The first kappa shape index (κ1) is 18.8. The highest BCUT2D eigenvalue weighted by molar-refractivity contribution is 7.80. The summed E-state index contributed by atoms with van der Waals surface area (Å²) in [5.41, 5.74) is 1.73. The first-order valence-electron chi connectivity index (χ1n) is 7.76. The molecule has 0 amide bonds. The van der Waals surface area contributed by atoms with E-state index in [2.05, 4.69) is 30.9 Å². The Morgan fingerprint density at radius 1 is 1.32 bits per heavy atom. The van der Waals surface area contributed by atoms with E-state index in [1.165, 1.54) is 0 Å². The number of rotatable bonds is 6. The average molecular weight is 362 g/mol. The normalized spacial score (nSPS) is 11.2. The molecule has 9 heteroatoms. The Morgan fingerprint density at radius 2 is 2.08 bits per heavy atom. The van der Waals surface area contributed by atoms with E-state index in [0.29, 0.717) is 36.7 Å². The second kappa shape index (κ2) is 9.70. The van der Waals surface area contributed by atoms with E-state index in [1.54, 1.807) is 13.4 Å². The molecule has 0 spiro atoms. The van der Waals surface area contributed by atoms with Crippen molar-refractivity contribution in [3.8, 4) is 0 Å². The van der Waals surface area contributed by atoms with Crippen LogP contribution < -0.4 is 16.0 Å². The molecule has 3 N–H and O–H groups in total. The lowest BCUT2D eigenvalue weighted by atomic mass is 10.4. The third-order valence-corrected chi connectivity index (χ3v) is 3.26. The van der Waals surface area contributed by atoms with Crippen molar-refractivity contribution in [2.24, 2.45) is 4.99 Å². The molecule has 2 aromatic rings. The Labute approximate surface area is 152 Å². The number of methoxy groups -OCH3 is 1. The molecule has 2 rings (SSSR count). The number of nitrogens with zero attached hydrogens (tertiary/aromatic N) is 3. The summed E-state index contributed by atoms with van der Waals surface area (Å²) in [4.78, 5) is 13.1. The number of thiocarbonyl (C=S) groups is 1. The molecule has 0 saturated carbocycles. The Bertz CT molecular complexity index is 697. The summed E-state index contributed by atoms with van der Waals surface area (Å²) in [6.45, 7) is 5.25. The van der Waals surface area contributed by atoms with Gasteiger partial charge in [0.25, 0.3) is 0 Å². The molecule has 0 saturated heterocycles. The molecule has 0 radical (unpaired) electrons. The second-order valence-electron chi connectivity index (χ2n) is 5.21. The summed E-state index contributed by atoms with van der Waals surface area (Å²) in [5.74, 6) is 1.68. The summed E-state index contributed by atoms with van der Waals surface area (Å²) >= 11 is 5.29. The smallest absolute Gasteiger partial charge is 0.229 e. The molecule has 0 atom stereocenters. The van der Waals surface area contributed by atoms with Gasteiger partial charge in [-0.25, -0.2) is 9.97 Å². The molecule has 134 valence electrons. The van der Waals surface area contributed by atoms with Crippen LogP contribution in [0.15, 0.2) is 33.9 Å². The van der Waals surface area contributed by atoms with Gasteiger partial charge in [0, 0.05) is 18.5 Å². The number of aryl methyl sites for hydroxylation is 2. The molecule has 0 aliphatic heterocycles. The van der Waals surface area contributed by atoms with Crippen molar-refractivity contribution in [2.45, 2.75) is 20.4 Å². The van der Waals surface area contributed by atoms with Crippen LogP contribution in [0.4, 0.5) is 5.95 Å². The summed E-state index contributed by atoms with van der Waals surface area (Å²) in [6, 6.07) is 5.59. The van der Waals surface area contributed by atoms with Gasteiger partial charge in [-0.15, -0.1) is 0 Å². The van der Waals surface area contributed by atoms with Crippen LogP contribution in [0, 0.1) is 13.8 Å². The van der Waals surface area contributed by atoms with Crippen LogP contribution in [0.5, 0.6) is 0 Å². The van der Waals surface area contributed by atoms with E-state index < -0.39 is 0 Å². The quantitative estimate of drug-likeness (QED) is 0.310. The van der Waals surface area contributed by atoms with Crippen LogP contribution in [0.2, 0.25) is 0 Å². The SMILES string of the molecule is COCCN=C(NC(=S)NCc1ccco1)Nc1nc(C)cc(C)n1. The molecule has 2 heterocycles. The van der Waals surface area contributed by atoms with Gasteiger partial charge in [-0.3, -0.25) is 10.3 Å². The molecule has 0 aliphatic rings. The summed E-state index contributed by atoms with van der Waals surface area (Å²) in [7, 11) is 1.62. The van der Waals surface area contributed by atoms with Crippen molar-refractivity contribution in [1.82, 2.24) is 20.6 Å². The van der Waals surface area contributed by atoms with Crippen molar-refractivity contribution in [3.05, 3.63) is 41.6 Å². The molecule has 0 aromatic carbocycles. The van der Waals surface area contributed by atoms with Crippen LogP contribution in [0.3, 0.4) is 0 Å². The van der Waals surface area contributed by atoms with Gasteiger partial charge in [0.05, 0.1) is 26.0 Å². The lowest BCUT2D eigenvalue weighted by Gasteiger charge is -2.13. The van der Waals surface area contributed by atoms with E-state index >= 15 is 0 Å². The molecule has 0 unspecified atom stereocenters. The maximum atomic E-state index is 5.29.